The van der Waals surface area contributed by atoms with Gasteiger partial charge in [-0.05, 0) is 18.1 Å². The molecule has 242 valence electrons. The van der Waals surface area contributed by atoms with Crippen molar-refractivity contribution in [2.45, 2.75) is 44.0 Å². The molecule has 3 atom stereocenters. The van der Waals surface area contributed by atoms with Gasteiger partial charge in [0.15, 0.2) is 11.5 Å². The molecular formula is C30H35N3O11S. The number of ether oxygens (including phenoxy) is 3. The van der Waals surface area contributed by atoms with Crippen molar-refractivity contribution >= 4 is 53.5 Å². The molecule has 0 spiro atoms. The Morgan fingerprint density at radius 2 is 1.58 bits per heavy atom. The van der Waals surface area contributed by atoms with Crippen LogP contribution in [0.3, 0.4) is 0 Å². The summed E-state index contributed by atoms with van der Waals surface area (Å²) in [6, 6.07) is 9.54. The van der Waals surface area contributed by atoms with Crippen molar-refractivity contribution in [3.05, 3.63) is 59.7 Å². The second kappa shape index (κ2) is 18.0. The second-order valence-electron chi connectivity index (χ2n) is 9.47. The summed E-state index contributed by atoms with van der Waals surface area (Å²) >= 11 is 1.16. The van der Waals surface area contributed by atoms with E-state index in [2.05, 4.69) is 10.6 Å². The lowest BCUT2D eigenvalue weighted by atomic mass is 10.1. The number of esters is 2. The van der Waals surface area contributed by atoms with Crippen LogP contribution in [-0.4, -0.2) is 77.4 Å². The maximum Gasteiger partial charge on any atom is 0.322 e. The molecule has 0 saturated heterocycles. The summed E-state index contributed by atoms with van der Waals surface area (Å²) in [5, 5.41) is 22.1. The van der Waals surface area contributed by atoms with E-state index in [4.69, 9.17) is 30.2 Å². The van der Waals surface area contributed by atoms with Crippen LogP contribution in [0.4, 0.5) is 0 Å². The van der Waals surface area contributed by atoms with Gasteiger partial charge in [0.1, 0.15) is 24.4 Å². The number of carbonyl (C=O) groups is 6. The fraction of sp³-hybridized carbons (Fsp3) is 0.333. The number of carboxylic acids is 2. The number of methoxy groups -OCH3 is 1. The minimum Gasteiger partial charge on any atom is -0.496 e. The normalized spacial score (nSPS) is 12.8. The molecule has 2 rings (SSSR count). The van der Waals surface area contributed by atoms with Crippen molar-refractivity contribution in [1.29, 1.82) is 0 Å². The van der Waals surface area contributed by atoms with Crippen LogP contribution in [0.5, 0.6) is 17.2 Å². The van der Waals surface area contributed by atoms with Gasteiger partial charge in [0.25, 0.3) is 0 Å². The highest BCUT2D eigenvalue weighted by atomic mass is 32.2. The molecule has 0 aliphatic heterocycles. The zero-order valence-electron chi connectivity index (χ0n) is 24.8. The molecule has 14 nitrogen and oxygen atoms in total. The van der Waals surface area contributed by atoms with Gasteiger partial charge in [-0.1, -0.05) is 42.5 Å². The number of hydrogen-bond acceptors (Lipinski definition) is 11. The lowest BCUT2D eigenvalue weighted by Gasteiger charge is -2.23. The van der Waals surface area contributed by atoms with Gasteiger partial charge in [-0.3, -0.25) is 28.8 Å². The van der Waals surface area contributed by atoms with Gasteiger partial charge in [0.2, 0.25) is 11.8 Å². The number of amides is 2. The smallest absolute Gasteiger partial charge is 0.322 e. The fourth-order valence-corrected chi connectivity index (χ4v) is 4.97. The van der Waals surface area contributed by atoms with Crippen LogP contribution >= 0.6 is 11.8 Å². The number of carbonyl (C=O) groups excluding carboxylic acids is 4. The predicted molar refractivity (Wildman–Crippen MR) is 164 cm³/mol. The highest BCUT2D eigenvalue weighted by molar-refractivity contribution is 7.99. The van der Waals surface area contributed by atoms with Gasteiger partial charge >= 0.3 is 23.9 Å². The number of rotatable bonds is 17. The third-order valence-electron chi connectivity index (χ3n) is 5.88. The van der Waals surface area contributed by atoms with E-state index in [1.54, 1.807) is 12.2 Å². The monoisotopic (exact) mass is 645 g/mol. The molecule has 6 N–H and O–H groups in total. The van der Waals surface area contributed by atoms with Crippen molar-refractivity contribution in [2.24, 2.45) is 5.73 Å². The molecule has 0 aliphatic carbocycles. The summed E-state index contributed by atoms with van der Waals surface area (Å²) in [5.74, 6) is -5.36. The van der Waals surface area contributed by atoms with Gasteiger partial charge in [-0.2, -0.15) is 0 Å². The first-order valence-electron chi connectivity index (χ1n) is 13.5. The van der Waals surface area contributed by atoms with Crippen molar-refractivity contribution in [2.75, 3.05) is 19.4 Å². The quantitative estimate of drug-likeness (QED) is 0.123. The highest BCUT2D eigenvalue weighted by Gasteiger charge is 2.26. The molecular weight excluding hydrogens is 610 g/mol. The SMILES string of the molecule is COc1cc(OC(C)=O)c(OC(C)=O)cc1C(/C=C/c1ccccc1)SCC(NC(=O)CCC(N)C(=O)O)C(=O)NCC(=O)O. The van der Waals surface area contributed by atoms with Crippen molar-refractivity contribution < 1.29 is 53.2 Å². The molecule has 0 aliphatic rings. The van der Waals surface area contributed by atoms with Gasteiger partial charge in [-0.25, -0.2) is 0 Å². The van der Waals surface area contributed by atoms with Gasteiger partial charge in [0, 0.05) is 37.7 Å². The number of carboxylic acid groups (broad SMARTS) is 2. The summed E-state index contributed by atoms with van der Waals surface area (Å²) in [5.41, 5.74) is 6.76. The molecule has 0 fully saturated rings. The molecule has 2 aromatic carbocycles. The minimum atomic E-state index is -1.30. The number of nitrogens with two attached hydrogens (primary N) is 1. The Bertz CT molecular complexity index is 1420. The molecule has 3 unspecified atom stereocenters. The van der Waals surface area contributed by atoms with E-state index < -0.39 is 59.6 Å². The largest absolute Gasteiger partial charge is 0.496 e. The van der Waals surface area contributed by atoms with Crippen LogP contribution in [0.2, 0.25) is 0 Å². The molecule has 15 heteroatoms. The molecule has 2 amide bonds. The lowest BCUT2D eigenvalue weighted by molar-refractivity contribution is -0.139. The molecule has 45 heavy (non-hydrogen) atoms. The Hall–Kier alpha value is -4.89. The number of benzene rings is 2. The van der Waals surface area contributed by atoms with E-state index >= 15 is 0 Å². The third kappa shape index (κ3) is 12.7. The Morgan fingerprint density at radius 3 is 2.13 bits per heavy atom. The molecule has 0 radical (unpaired) electrons. The van der Waals surface area contributed by atoms with Crippen molar-refractivity contribution in [3.8, 4) is 17.2 Å². The zero-order chi connectivity index (χ0) is 33.5. The predicted octanol–water partition coefficient (Wildman–Crippen LogP) is 1.91. The summed E-state index contributed by atoms with van der Waals surface area (Å²) < 4.78 is 16.1. The van der Waals surface area contributed by atoms with Crippen LogP contribution < -0.4 is 30.6 Å². The van der Waals surface area contributed by atoms with E-state index in [0.717, 1.165) is 17.3 Å². The number of aliphatic carboxylic acids is 2. The van der Waals surface area contributed by atoms with Crippen LogP contribution in [-0.2, 0) is 28.8 Å². The zero-order valence-corrected chi connectivity index (χ0v) is 25.6. The first kappa shape index (κ1) is 36.3. The number of thioether (sulfide) groups is 1. The van der Waals surface area contributed by atoms with Crippen molar-refractivity contribution in [3.63, 3.8) is 0 Å². The Kier molecular flexibility index (Phi) is 14.6. The number of hydrogen-bond donors (Lipinski definition) is 5. The average molecular weight is 646 g/mol. The van der Waals surface area contributed by atoms with Crippen molar-refractivity contribution in [1.82, 2.24) is 10.6 Å². The van der Waals surface area contributed by atoms with E-state index in [1.165, 1.54) is 33.1 Å². The second-order valence-corrected chi connectivity index (χ2v) is 10.6. The summed E-state index contributed by atoms with van der Waals surface area (Å²) in [4.78, 5) is 71.2. The standard InChI is InChI=1S/C30H35N3O11S/c1-17(34)43-24-13-20(23(42-3)14-25(24)44-18(2)35)26(11-9-19-7-5-4-6-8-19)45-16-22(29(39)32-15-28(37)38)33-27(36)12-10-21(31)30(40)41/h4-9,11,13-14,21-22,26H,10,12,15-16,31H2,1-3H3,(H,32,39)(H,33,36)(H,37,38)(H,40,41)/b11-9+. The fourth-order valence-electron chi connectivity index (χ4n) is 3.78. The molecule has 0 heterocycles. The van der Waals surface area contributed by atoms with Gasteiger partial charge in [-0.15, -0.1) is 11.8 Å². The van der Waals surface area contributed by atoms with E-state index in [0.29, 0.717) is 5.56 Å². The van der Waals surface area contributed by atoms with Crippen LogP contribution in [0.15, 0.2) is 48.5 Å². The maximum absolute atomic E-state index is 12.9. The minimum absolute atomic E-state index is 0.0631. The third-order valence-corrected chi connectivity index (χ3v) is 7.18. The van der Waals surface area contributed by atoms with E-state index in [9.17, 15) is 28.8 Å². The molecule has 0 bridgehead atoms. The molecule has 0 aromatic heterocycles. The van der Waals surface area contributed by atoms with Gasteiger partial charge in [0.05, 0.1) is 12.4 Å². The van der Waals surface area contributed by atoms with E-state index in [1.807, 2.05) is 30.3 Å². The lowest BCUT2D eigenvalue weighted by Crippen LogP contribution is -2.49. The Balaban J connectivity index is 2.49. The molecule has 2 aromatic rings. The Morgan fingerprint density at radius 1 is 0.956 bits per heavy atom. The first-order chi connectivity index (χ1) is 21.3. The first-order valence-corrected chi connectivity index (χ1v) is 14.6. The summed E-state index contributed by atoms with van der Waals surface area (Å²) in [6.07, 6.45) is 3.09. The average Bonchev–Trinajstić information content (AvgIpc) is 2.98. The topological polar surface area (TPSA) is 221 Å². The highest BCUT2D eigenvalue weighted by Crippen LogP contribution is 2.43. The van der Waals surface area contributed by atoms with Crippen LogP contribution in [0, 0.1) is 0 Å². The van der Waals surface area contributed by atoms with Gasteiger partial charge < -0.3 is 40.8 Å². The summed E-state index contributed by atoms with van der Waals surface area (Å²) in [7, 11) is 1.38. The maximum atomic E-state index is 12.9. The summed E-state index contributed by atoms with van der Waals surface area (Å²) in [6.45, 7) is 1.65. The number of nitrogens with one attached hydrogen (secondary N) is 2. The van der Waals surface area contributed by atoms with Crippen LogP contribution in [0.1, 0.15) is 43.1 Å². The molecule has 0 saturated carbocycles. The Labute approximate surface area is 263 Å². The van der Waals surface area contributed by atoms with E-state index in [-0.39, 0.29) is 35.8 Å². The van der Waals surface area contributed by atoms with Crippen LogP contribution in [0.25, 0.3) is 6.08 Å².